The van der Waals surface area contributed by atoms with Crippen molar-refractivity contribution in [1.29, 1.82) is 0 Å². The number of hydrogen-bond donors (Lipinski definition) is 0. The number of aryl methyl sites for hydroxylation is 1. The summed E-state index contributed by atoms with van der Waals surface area (Å²) in [6, 6.07) is 12.4. The van der Waals surface area contributed by atoms with Crippen LogP contribution in [0.25, 0.3) is 16.5 Å². The van der Waals surface area contributed by atoms with Gasteiger partial charge in [-0.2, -0.15) is 0 Å². The molecule has 2 aliphatic rings. The number of rotatable bonds is 1. The van der Waals surface area contributed by atoms with E-state index in [4.69, 9.17) is 0 Å². The van der Waals surface area contributed by atoms with Crippen LogP contribution in [0.2, 0.25) is 0 Å². The van der Waals surface area contributed by atoms with Crippen LogP contribution in [0, 0.1) is 0 Å². The van der Waals surface area contributed by atoms with Gasteiger partial charge in [-0.25, -0.2) is 0 Å². The highest BCUT2D eigenvalue weighted by Gasteiger charge is 2.34. The summed E-state index contributed by atoms with van der Waals surface area (Å²) in [5, 5.41) is 1.35. The van der Waals surface area contributed by atoms with Crippen molar-refractivity contribution in [2.45, 2.75) is 31.3 Å². The first-order valence-corrected chi connectivity index (χ1v) is 7.21. The molecule has 0 aliphatic carbocycles. The number of nitrogens with zero attached hydrogens (tertiary/aromatic N) is 2. The zero-order valence-electron chi connectivity index (χ0n) is 11.6. The lowest BCUT2D eigenvalue weighted by Crippen LogP contribution is -2.34. The number of likely N-dealkylation sites (N-methyl/N-ethyl adjacent to an activating group) is 1. The molecule has 1 saturated heterocycles. The van der Waals surface area contributed by atoms with Crippen molar-refractivity contribution < 1.29 is 0 Å². The van der Waals surface area contributed by atoms with Crippen LogP contribution in [-0.4, -0.2) is 28.6 Å². The number of fused-ring (bicyclic) bond motifs is 3. The van der Waals surface area contributed by atoms with Crippen LogP contribution < -0.4 is 0 Å². The average Bonchev–Trinajstić information content (AvgIpc) is 2.84. The summed E-state index contributed by atoms with van der Waals surface area (Å²) in [5.74, 6) is 0. The molecular formula is C17H20N2. The second-order valence-corrected chi connectivity index (χ2v) is 6.01. The van der Waals surface area contributed by atoms with Crippen LogP contribution >= 0.6 is 0 Å². The predicted molar refractivity (Wildman–Crippen MR) is 80.1 cm³/mol. The summed E-state index contributed by atoms with van der Waals surface area (Å²) in [6.45, 7) is 0. The minimum absolute atomic E-state index is 0.659. The standard InChI is InChI=1S/C17H20N2/c1-18-14-7-8-15(18)10-13(9-14)17-11-12-5-3-4-6-16(12)19(17)2/h3-6,9,11,14-15H,7-8,10H2,1-2H3/t14-,15+/m0/s1. The van der Waals surface area contributed by atoms with E-state index in [0.717, 1.165) is 6.04 Å². The molecule has 19 heavy (non-hydrogen) atoms. The van der Waals surface area contributed by atoms with Crippen molar-refractivity contribution in [1.82, 2.24) is 9.47 Å². The molecule has 0 N–H and O–H groups in total. The van der Waals surface area contributed by atoms with E-state index in [0.29, 0.717) is 6.04 Å². The van der Waals surface area contributed by atoms with Crippen molar-refractivity contribution >= 4 is 16.5 Å². The van der Waals surface area contributed by atoms with Crippen molar-refractivity contribution in [3.05, 3.63) is 42.1 Å². The molecule has 98 valence electrons. The van der Waals surface area contributed by atoms with Gasteiger partial charge in [-0.15, -0.1) is 0 Å². The lowest BCUT2D eigenvalue weighted by atomic mass is 9.99. The van der Waals surface area contributed by atoms with Crippen LogP contribution in [0.4, 0.5) is 0 Å². The lowest BCUT2D eigenvalue weighted by Gasteiger charge is -2.30. The van der Waals surface area contributed by atoms with Gasteiger partial charge in [0, 0.05) is 35.7 Å². The Hall–Kier alpha value is -1.54. The molecule has 0 radical (unpaired) electrons. The van der Waals surface area contributed by atoms with Gasteiger partial charge in [0.25, 0.3) is 0 Å². The highest BCUT2D eigenvalue weighted by atomic mass is 15.2. The Morgan fingerprint density at radius 1 is 1.11 bits per heavy atom. The van der Waals surface area contributed by atoms with Crippen LogP contribution in [0.1, 0.15) is 25.0 Å². The summed E-state index contributed by atoms with van der Waals surface area (Å²) in [6.07, 6.45) is 6.38. The first-order chi connectivity index (χ1) is 9.24. The predicted octanol–water partition coefficient (Wildman–Crippen LogP) is 3.43. The summed E-state index contributed by atoms with van der Waals surface area (Å²) in [4.78, 5) is 2.55. The molecule has 2 atom stereocenters. The highest BCUT2D eigenvalue weighted by Crippen LogP contribution is 2.38. The summed E-state index contributed by atoms with van der Waals surface area (Å²) >= 11 is 0. The maximum atomic E-state index is 2.55. The van der Waals surface area contributed by atoms with Gasteiger partial charge in [0.05, 0.1) is 0 Å². The van der Waals surface area contributed by atoms with Gasteiger partial charge in [0.2, 0.25) is 0 Å². The molecule has 2 aliphatic heterocycles. The monoisotopic (exact) mass is 252 g/mol. The molecule has 1 fully saturated rings. The largest absolute Gasteiger partial charge is 0.344 e. The minimum atomic E-state index is 0.659. The third kappa shape index (κ3) is 1.59. The Morgan fingerprint density at radius 2 is 1.95 bits per heavy atom. The van der Waals surface area contributed by atoms with Crippen LogP contribution in [0.5, 0.6) is 0 Å². The lowest BCUT2D eigenvalue weighted by molar-refractivity contribution is 0.264. The second-order valence-electron chi connectivity index (χ2n) is 6.01. The van der Waals surface area contributed by atoms with Gasteiger partial charge in [-0.3, -0.25) is 4.90 Å². The molecule has 4 rings (SSSR count). The molecule has 0 spiro atoms. The third-order valence-corrected chi connectivity index (χ3v) is 5.02. The van der Waals surface area contributed by atoms with Gasteiger partial charge in [-0.05, 0) is 44.0 Å². The van der Waals surface area contributed by atoms with Gasteiger partial charge < -0.3 is 4.57 Å². The molecule has 0 saturated carbocycles. The average molecular weight is 252 g/mol. The van der Waals surface area contributed by atoms with E-state index in [2.05, 4.69) is 60.0 Å². The topological polar surface area (TPSA) is 8.17 Å². The van der Waals surface area contributed by atoms with E-state index < -0.39 is 0 Å². The van der Waals surface area contributed by atoms with Crippen molar-refractivity contribution in [3.63, 3.8) is 0 Å². The Kier molecular flexibility index (Phi) is 2.36. The first kappa shape index (κ1) is 11.3. The molecular weight excluding hydrogens is 232 g/mol. The van der Waals surface area contributed by atoms with E-state index in [9.17, 15) is 0 Å². The number of para-hydroxylation sites is 1. The molecule has 0 unspecified atom stereocenters. The SMILES string of the molecule is CN1[C@@H]2CC[C@H]1C=C(c1cc3ccccc3n1C)C2. The van der Waals surface area contributed by atoms with E-state index >= 15 is 0 Å². The van der Waals surface area contributed by atoms with E-state index in [1.165, 1.54) is 35.9 Å². The first-order valence-electron chi connectivity index (χ1n) is 7.21. The zero-order chi connectivity index (χ0) is 13.0. The Morgan fingerprint density at radius 3 is 2.74 bits per heavy atom. The zero-order valence-corrected chi connectivity index (χ0v) is 11.6. The van der Waals surface area contributed by atoms with Gasteiger partial charge in [-0.1, -0.05) is 24.3 Å². The molecule has 1 aromatic carbocycles. The molecule has 2 aromatic rings. The van der Waals surface area contributed by atoms with Gasteiger partial charge >= 0.3 is 0 Å². The summed E-state index contributed by atoms with van der Waals surface area (Å²) in [5.41, 5.74) is 4.29. The number of benzene rings is 1. The van der Waals surface area contributed by atoms with Crippen LogP contribution in [0.15, 0.2) is 36.4 Å². The molecule has 3 heterocycles. The minimum Gasteiger partial charge on any atom is -0.344 e. The fourth-order valence-electron chi connectivity index (χ4n) is 3.83. The number of aromatic nitrogens is 1. The third-order valence-electron chi connectivity index (χ3n) is 5.02. The molecule has 2 heteroatoms. The summed E-state index contributed by atoms with van der Waals surface area (Å²) < 4.78 is 2.35. The Bertz CT molecular complexity index is 665. The van der Waals surface area contributed by atoms with E-state index in [1.54, 1.807) is 5.57 Å². The summed E-state index contributed by atoms with van der Waals surface area (Å²) in [7, 11) is 4.47. The van der Waals surface area contributed by atoms with Gasteiger partial charge in [0.15, 0.2) is 0 Å². The second kappa shape index (κ2) is 3.97. The van der Waals surface area contributed by atoms with Crippen molar-refractivity contribution in [2.75, 3.05) is 7.05 Å². The fourth-order valence-corrected chi connectivity index (χ4v) is 3.83. The smallest absolute Gasteiger partial charge is 0.0482 e. The Labute approximate surface area is 114 Å². The van der Waals surface area contributed by atoms with Crippen molar-refractivity contribution in [3.8, 4) is 0 Å². The molecule has 2 bridgehead atoms. The van der Waals surface area contributed by atoms with Crippen LogP contribution in [0.3, 0.4) is 0 Å². The quantitative estimate of drug-likeness (QED) is 0.755. The molecule has 1 aromatic heterocycles. The maximum Gasteiger partial charge on any atom is 0.0482 e. The normalized spacial score (nSPS) is 26.9. The van der Waals surface area contributed by atoms with E-state index in [-0.39, 0.29) is 0 Å². The maximum absolute atomic E-state index is 2.55. The Balaban J connectivity index is 1.83. The molecule has 0 amide bonds. The van der Waals surface area contributed by atoms with Crippen LogP contribution in [-0.2, 0) is 7.05 Å². The number of hydrogen-bond acceptors (Lipinski definition) is 1. The molecule has 2 nitrogen and oxygen atoms in total. The fraction of sp³-hybridized carbons (Fsp3) is 0.412. The highest BCUT2D eigenvalue weighted by molar-refractivity contribution is 5.86. The van der Waals surface area contributed by atoms with Gasteiger partial charge in [0.1, 0.15) is 0 Å². The van der Waals surface area contributed by atoms with E-state index in [1.807, 2.05) is 0 Å². The van der Waals surface area contributed by atoms with Crippen molar-refractivity contribution in [2.24, 2.45) is 7.05 Å².